The number of carbonyl (C=O) groups excluding carboxylic acids is 4. The van der Waals surface area contributed by atoms with E-state index in [4.69, 9.17) is 25.2 Å². The number of ether oxygens (including phenoxy) is 2. The minimum atomic E-state index is -0.648. The van der Waals surface area contributed by atoms with Gasteiger partial charge in [0.2, 0.25) is 0 Å². The lowest BCUT2D eigenvalue weighted by Crippen LogP contribution is -2.50. The van der Waals surface area contributed by atoms with Crippen molar-refractivity contribution < 1.29 is 28.7 Å². The van der Waals surface area contributed by atoms with E-state index in [0.29, 0.717) is 54.2 Å². The number of hydrogen-bond donors (Lipinski definition) is 3. The molecule has 0 radical (unpaired) electrons. The molecule has 0 unspecified atom stereocenters. The van der Waals surface area contributed by atoms with Crippen molar-refractivity contribution in [1.29, 1.82) is 0 Å². The van der Waals surface area contributed by atoms with Gasteiger partial charge in [-0.2, -0.15) is 0 Å². The van der Waals surface area contributed by atoms with E-state index in [-0.39, 0.29) is 30.5 Å². The maximum atomic E-state index is 13.6. The number of anilines is 4. The second-order valence-corrected chi connectivity index (χ2v) is 22.8. The predicted molar refractivity (Wildman–Crippen MR) is 308 cm³/mol. The number of hydrogen-bond acceptors (Lipinski definition) is 14. The van der Waals surface area contributed by atoms with Gasteiger partial charge in [-0.1, -0.05) is 24.3 Å². The Morgan fingerprint density at radius 3 is 1.63 bits per heavy atom. The molecule has 16 heteroatoms. The Labute approximate surface area is 451 Å². The molecule has 0 saturated carbocycles. The number of amides is 2. The molecule has 4 aromatic heterocycles. The van der Waals surface area contributed by atoms with Gasteiger partial charge in [0, 0.05) is 108 Å². The molecule has 4 aromatic carbocycles. The van der Waals surface area contributed by atoms with Gasteiger partial charge in [-0.25, -0.2) is 19.6 Å². The average molecular weight is 1060 g/mol. The van der Waals surface area contributed by atoms with Crippen LogP contribution >= 0.6 is 22.7 Å². The van der Waals surface area contributed by atoms with Crippen LogP contribution in [0.15, 0.2) is 132 Å². The van der Waals surface area contributed by atoms with Crippen LogP contribution in [-0.2, 0) is 22.3 Å². The number of benzene rings is 4. The number of nitrogens with one attached hydrogen (secondary N) is 2. The summed E-state index contributed by atoms with van der Waals surface area (Å²) >= 11 is 3.29. The molecular weight excluding hydrogens is 993 g/mol. The van der Waals surface area contributed by atoms with Crippen molar-refractivity contribution in [3.63, 3.8) is 0 Å². The smallest absolute Gasteiger partial charge is 0.412 e. The molecule has 0 bridgehead atoms. The number of rotatable bonds is 11. The fraction of sp³-hybridized carbons (Fsp3) is 0.300. The van der Waals surface area contributed by atoms with Crippen molar-refractivity contribution in [2.24, 2.45) is 0 Å². The number of nitrogens with zero attached hydrogens (tertiary/aromatic N) is 5. The number of carbonyl (C=O) groups is 4. The summed E-state index contributed by atoms with van der Waals surface area (Å²) in [7, 11) is 0. The summed E-state index contributed by atoms with van der Waals surface area (Å²) in [5.41, 5.74) is 12.8. The van der Waals surface area contributed by atoms with Gasteiger partial charge in [0.25, 0.3) is 0 Å². The number of piperazine rings is 2. The van der Waals surface area contributed by atoms with Crippen LogP contribution in [0.5, 0.6) is 0 Å². The Balaban J connectivity index is 0.000000198. The molecule has 2 aliphatic rings. The SMILES string of the molecule is CC(C)(C)OC(=O)Nc1ccc(-c2cccs2)cc1CC(=O)c1ccc2nc(N3CCN(C(=O)OC(C)(C)C)CC3)ccc2c1.Nc1ccc(-c2cccs2)cc1CC(=O)c1ccc2nc(N3CCNCC3)ccc2c1. The molecule has 10 rings (SSSR count). The molecule has 2 aliphatic heterocycles. The first-order chi connectivity index (χ1) is 36.4. The molecular formula is C60H64N8O6S2. The van der Waals surface area contributed by atoms with Gasteiger partial charge in [0.1, 0.15) is 22.8 Å². The first-order valence-electron chi connectivity index (χ1n) is 25.6. The Morgan fingerprint density at radius 1 is 0.592 bits per heavy atom. The third-order valence-electron chi connectivity index (χ3n) is 12.9. The van der Waals surface area contributed by atoms with Crippen molar-refractivity contribution in [3.05, 3.63) is 154 Å². The Kier molecular flexibility index (Phi) is 16.1. The molecule has 4 N–H and O–H groups in total. The van der Waals surface area contributed by atoms with Crippen molar-refractivity contribution >= 4 is 91.2 Å². The van der Waals surface area contributed by atoms with Crippen LogP contribution in [0.2, 0.25) is 0 Å². The number of pyridine rings is 2. The van der Waals surface area contributed by atoms with Crippen LogP contribution in [0.1, 0.15) is 73.4 Å². The summed E-state index contributed by atoms with van der Waals surface area (Å²) < 4.78 is 11.0. The second kappa shape index (κ2) is 23.1. The monoisotopic (exact) mass is 1060 g/mol. The fourth-order valence-corrected chi connectivity index (χ4v) is 10.5. The fourth-order valence-electron chi connectivity index (χ4n) is 9.04. The van der Waals surface area contributed by atoms with Gasteiger partial charge >= 0.3 is 12.2 Å². The highest BCUT2D eigenvalue weighted by Gasteiger charge is 2.27. The molecule has 6 heterocycles. The highest BCUT2D eigenvalue weighted by molar-refractivity contribution is 7.13. The number of nitrogens with two attached hydrogens (primary N) is 1. The summed E-state index contributed by atoms with van der Waals surface area (Å²) in [6, 6.07) is 39.0. The highest BCUT2D eigenvalue weighted by atomic mass is 32.1. The molecule has 2 fully saturated rings. The number of thiophene rings is 2. The lowest BCUT2D eigenvalue weighted by Gasteiger charge is -2.36. The molecule has 14 nitrogen and oxygen atoms in total. The minimum Gasteiger partial charge on any atom is -0.444 e. The molecule has 76 heavy (non-hydrogen) atoms. The van der Waals surface area contributed by atoms with E-state index in [0.717, 1.165) is 81.2 Å². The summed E-state index contributed by atoms with van der Waals surface area (Å²) in [5.74, 6) is 1.80. The van der Waals surface area contributed by atoms with E-state index in [1.54, 1.807) is 54.4 Å². The molecule has 392 valence electrons. The lowest BCUT2D eigenvalue weighted by atomic mass is 9.98. The quantitative estimate of drug-likeness (QED) is 0.0828. The summed E-state index contributed by atoms with van der Waals surface area (Å²) in [6.45, 7) is 17.3. The molecule has 0 atom stereocenters. The second-order valence-electron chi connectivity index (χ2n) is 20.9. The van der Waals surface area contributed by atoms with Crippen molar-refractivity contribution in [2.75, 3.05) is 73.2 Å². The summed E-state index contributed by atoms with van der Waals surface area (Å²) in [4.78, 5) is 69.7. The summed E-state index contributed by atoms with van der Waals surface area (Å²) in [5, 5.41) is 12.1. The van der Waals surface area contributed by atoms with Crippen LogP contribution < -0.4 is 26.2 Å². The van der Waals surface area contributed by atoms with Crippen LogP contribution in [0.25, 0.3) is 42.7 Å². The molecule has 2 saturated heterocycles. The average Bonchev–Trinajstić information content (AvgIpc) is 4.16. The Morgan fingerprint density at radius 2 is 1.11 bits per heavy atom. The lowest BCUT2D eigenvalue weighted by molar-refractivity contribution is 0.0240. The zero-order valence-corrected chi connectivity index (χ0v) is 45.5. The van der Waals surface area contributed by atoms with Crippen LogP contribution in [0, 0.1) is 0 Å². The van der Waals surface area contributed by atoms with Gasteiger partial charge in [-0.05, 0) is 172 Å². The molecule has 2 amide bonds. The van der Waals surface area contributed by atoms with Crippen LogP contribution in [-0.4, -0.2) is 102 Å². The van der Waals surface area contributed by atoms with Crippen LogP contribution in [0.4, 0.5) is 32.6 Å². The van der Waals surface area contributed by atoms with Gasteiger partial charge in [0.15, 0.2) is 11.6 Å². The van der Waals surface area contributed by atoms with Crippen molar-refractivity contribution in [2.45, 2.75) is 65.6 Å². The number of fused-ring (bicyclic) bond motifs is 2. The molecule has 0 aliphatic carbocycles. The van der Waals surface area contributed by atoms with E-state index in [9.17, 15) is 19.2 Å². The number of nitrogen functional groups attached to an aromatic ring is 1. The van der Waals surface area contributed by atoms with Crippen LogP contribution in [0.3, 0.4) is 0 Å². The van der Waals surface area contributed by atoms with Crippen molar-refractivity contribution in [1.82, 2.24) is 20.2 Å². The maximum Gasteiger partial charge on any atom is 0.412 e. The van der Waals surface area contributed by atoms with Gasteiger partial charge in [-0.15, -0.1) is 22.7 Å². The van der Waals surface area contributed by atoms with Gasteiger partial charge in [0.05, 0.1) is 11.0 Å². The van der Waals surface area contributed by atoms with E-state index < -0.39 is 17.3 Å². The Hall–Kier alpha value is -7.66. The Bertz CT molecular complexity index is 3370. The number of aromatic nitrogens is 2. The standard InChI is InChI=1S/C35H40N4O5S.C25H24N4OS/c1-34(2,3)43-32(41)37-28-13-10-25(30-8-7-19-45-30)21-26(28)22-29(40)24-9-12-27-23(20-24)11-14-31(36-27)38-15-17-39(18-16-38)33(42)44-35(4,5)6;26-21-6-3-19(24-2-1-13-31-24)15-20(21)16-23(30)18-4-7-22-17(14-18)5-8-25(28-22)29-11-9-27-10-12-29/h7-14,19-21H,15-18,22H2,1-6H3,(H,37,41);1-8,13-15,27H,9-12,16,26H2. The highest BCUT2D eigenvalue weighted by Crippen LogP contribution is 2.32. The normalized spacial score (nSPS) is 14.0. The summed E-state index contributed by atoms with van der Waals surface area (Å²) in [6.07, 6.45) is -0.484. The van der Waals surface area contributed by atoms with E-state index in [1.165, 1.54) is 4.88 Å². The zero-order chi connectivity index (χ0) is 53.6. The van der Waals surface area contributed by atoms with E-state index >= 15 is 0 Å². The van der Waals surface area contributed by atoms with Gasteiger partial charge in [-0.3, -0.25) is 14.9 Å². The topological polar surface area (TPSA) is 172 Å². The molecule has 0 spiro atoms. The first-order valence-corrected chi connectivity index (χ1v) is 27.3. The zero-order valence-electron chi connectivity index (χ0n) is 43.9. The van der Waals surface area contributed by atoms with E-state index in [1.807, 2.05) is 135 Å². The minimum absolute atomic E-state index is 0.0584. The van der Waals surface area contributed by atoms with Gasteiger partial charge < -0.3 is 35.2 Å². The van der Waals surface area contributed by atoms with Crippen molar-refractivity contribution in [3.8, 4) is 20.9 Å². The van der Waals surface area contributed by atoms with E-state index in [2.05, 4.69) is 32.6 Å². The predicted octanol–water partition coefficient (Wildman–Crippen LogP) is 12.2. The third kappa shape index (κ3) is 13.6. The maximum absolute atomic E-state index is 13.6. The number of ketones is 2. The number of Topliss-reactive ketones (excluding diaryl/α,β-unsaturated/α-hetero) is 2. The third-order valence-corrected chi connectivity index (χ3v) is 14.7. The first kappa shape index (κ1) is 53.2. The largest absolute Gasteiger partial charge is 0.444 e. The molecule has 8 aromatic rings.